The molecule has 0 saturated carbocycles. The third-order valence-electron chi connectivity index (χ3n) is 4.90. The summed E-state index contributed by atoms with van der Waals surface area (Å²) < 4.78 is 0. The van der Waals surface area contributed by atoms with Gasteiger partial charge in [-0.25, -0.2) is 4.79 Å². The van der Waals surface area contributed by atoms with E-state index in [0.29, 0.717) is 5.69 Å². The summed E-state index contributed by atoms with van der Waals surface area (Å²) in [6.45, 7) is 10.4. The minimum Gasteiger partial charge on any atom is -0.478 e. The number of rotatable bonds is 4. The van der Waals surface area contributed by atoms with Crippen LogP contribution in [-0.2, 0) is 5.41 Å². The molecule has 28 heavy (non-hydrogen) atoms. The van der Waals surface area contributed by atoms with Crippen LogP contribution >= 0.6 is 0 Å². The Labute approximate surface area is 166 Å². The number of aromatic carboxylic acids is 1. The van der Waals surface area contributed by atoms with Crippen LogP contribution in [0.25, 0.3) is 11.3 Å². The van der Waals surface area contributed by atoms with Gasteiger partial charge < -0.3 is 10.4 Å². The van der Waals surface area contributed by atoms with E-state index >= 15 is 0 Å². The first-order valence-electron chi connectivity index (χ1n) is 9.35. The monoisotopic (exact) mass is 374 g/mol. The van der Waals surface area contributed by atoms with Gasteiger partial charge >= 0.3 is 5.97 Å². The average Bonchev–Trinajstić information content (AvgIpc) is 2.63. The van der Waals surface area contributed by atoms with Crippen LogP contribution in [0, 0.1) is 13.8 Å². The zero-order valence-corrected chi connectivity index (χ0v) is 17.0. The summed E-state index contributed by atoms with van der Waals surface area (Å²) in [5, 5.41) is 13.0. The Morgan fingerprint density at radius 3 is 2.29 bits per heavy atom. The summed E-state index contributed by atoms with van der Waals surface area (Å²) in [7, 11) is 0. The lowest BCUT2D eigenvalue weighted by atomic mass is 9.82. The highest BCUT2D eigenvalue weighted by molar-refractivity contribution is 5.96. The van der Waals surface area contributed by atoms with Crippen molar-refractivity contribution in [1.82, 2.24) is 4.98 Å². The molecule has 2 N–H and O–H groups in total. The summed E-state index contributed by atoms with van der Waals surface area (Å²) in [4.78, 5) is 16.4. The molecule has 0 spiro atoms. The number of hydrogen-bond donors (Lipinski definition) is 2. The molecule has 0 atom stereocenters. The molecule has 3 rings (SSSR count). The lowest BCUT2D eigenvalue weighted by Gasteiger charge is -2.25. The number of anilines is 2. The van der Waals surface area contributed by atoms with E-state index in [0.717, 1.165) is 33.6 Å². The summed E-state index contributed by atoms with van der Waals surface area (Å²) >= 11 is 0. The Kier molecular flexibility index (Phi) is 5.23. The Morgan fingerprint density at radius 2 is 1.71 bits per heavy atom. The van der Waals surface area contributed by atoms with Gasteiger partial charge in [0.1, 0.15) is 0 Å². The molecule has 0 aliphatic heterocycles. The third kappa shape index (κ3) is 3.91. The molecule has 0 amide bonds. The number of carboxylic acids is 1. The van der Waals surface area contributed by atoms with Crippen LogP contribution in [0.1, 0.15) is 47.8 Å². The van der Waals surface area contributed by atoms with Crippen molar-refractivity contribution < 1.29 is 9.90 Å². The zero-order valence-electron chi connectivity index (χ0n) is 17.0. The summed E-state index contributed by atoms with van der Waals surface area (Å²) in [6.07, 6.45) is 1.75. The smallest absolute Gasteiger partial charge is 0.337 e. The van der Waals surface area contributed by atoms with Gasteiger partial charge in [0.15, 0.2) is 0 Å². The molecule has 4 heteroatoms. The SMILES string of the molecule is Cc1cc(Nc2c(C(=O)O)ccc(C(C)(C)C)c2C)cnc1-c1ccccc1. The van der Waals surface area contributed by atoms with Gasteiger partial charge in [-0.2, -0.15) is 0 Å². The van der Waals surface area contributed by atoms with Crippen LogP contribution in [0.5, 0.6) is 0 Å². The molecular formula is C24H26N2O2. The highest BCUT2D eigenvalue weighted by atomic mass is 16.4. The van der Waals surface area contributed by atoms with Gasteiger partial charge in [-0.3, -0.25) is 4.98 Å². The van der Waals surface area contributed by atoms with E-state index in [2.05, 4.69) is 31.1 Å². The van der Waals surface area contributed by atoms with Gasteiger partial charge in [0.05, 0.1) is 28.8 Å². The Hall–Kier alpha value is -3.14. The molecule has 0 aliphatic carbocycles. The van der Waals surface area contributed by atoms with Gasteiger partial charge in [0.2, 0.25) is 0 Å². The second-order valence-electron chi connectivity index (χ2n) is 8.10. The van der Waals surface area contributed by atoms with Crippen LogP contribution in [0.2, 0.25) is 0 Å². The van der Waals surface area contributed by atoms with Crippen molar-refractivity contribution in [1.29, 1.82) is 0 Å². The quantitative estimate of drug-likeness (QED) is 0.579. The van der Waals surface area contributed by atoms with Crippen molar-refractivity contribution >= 4 is 17.3 Å². The van der Waals surface area contributed by atoms with Gasteiger partial charge in [-0.15, -0.1) is 0 Å². The maximum absolute atomic E-state index is 11.8. The number of hydrogen-bond acceptors (Lipinski definition) is 3. The normalized spacial score (nSPS) is 11.3. The first-order chi connectivity index (χ1) is 13.2. The summed E-state index contributed by atoms with van der Waals surface area (Å²) in [6, 6.07) is 15.6. The molecular weight excluding hydrogens is 348 g/mol. The topological polar surface area (TPSA) is 62.2 Å². The lowest BCUT2D eigenvalue weighted by molar-refractivity contribution is 0.0698. The zero-order chi connectivity index (χ0) is 20.5. The van der Waals surface area contributed by atoms with E-state index in [1.165, 1.54) is 0 Å². The van der Waals surface area contributed by atoms with Crippen LogP contribution in [0.3, 0.4) is 0 Å². The Bertz CT molecular complexity index is 1020. The van der Waals surface area contributed by atoms with Crippen LogP contribution < -0.4 is 5.32 Å². The molecule has 2 aromatic carbocycles. The van der Waals surface area contributed by atoms with Crippen molar-refractivity contribution in [2.75, 3.05) is 5.32 Å². The Morgan fingerprint density at radius 1 is 1.04 bits per heavy atom. The standard InChI is InChI=1S/C24H26N2O2/c1-15-13-18(14-25-21(15)17-9-7-6-8-10-17)26-22-16(2)20(24(3,4)5)12-11-19(22)23(27)28/h6-14,26H,1-5H3,(H,27,28). The van der Waals surface area contributed by atoms with Crippen LogP contribution in [0.4, 0.5) is 11.4 Å². The highest BCUT2D eigenvalue weighted by Gasteiger charge is 2.22. The molecule has 0 bridgehead atoms. The molecule has 0 aliphatic rings. The number of carbonyl (C=O) groups is 1. The summed E-state index contributed by atoms with van der Waals surface area (Å²) in [5.74, 6) is -0.948. The fourth-order valence-electron chi connectivity index (χ4n) is 3.55. The molecule has 1 aromatic heterocycles. The molecule has 0 unspecified atom stereocenters. The summed E-state index contributed by atoms with van der Waals surface area (Å²) in [5.41, 5.74) is 6.63. The van der Waals surface area contributed by atoms with Crippen LogP contribution in [-0.4, -0.2) is 16.1 Å². The highest BCUT2D eigenvalue weighted by Crippen LogP contribution is 2.34. The van der Waals surface area contributed by atoms with E-state index in [4.69, 9.17) is 0 Å². The number of pyridine rings is 1. The minimum absolute atomic E-state index is 0.0805. The van der Waals surface area contributed by atoms with Gasteiger partial charge in [-0.1, -0.05) is 57.2 Å². The van der Waals surface area contributed by atoms with Gasteiger partial charge in [0, 0.05) is 5.56 Å². The number of benzene rings is 2. The van der Waals surface area contributed by atoms with E-state index < -0.39 is 5.97 Å². The fourth-order valence-corrected chi connectivity index (χ4v) is 3.55. The number of nitrogens with zero attached hydrogens (tertiary/aromatic N) is 1. The maximum atomic E-state index is 11.8. The van der Waals surface area contributed by atoms with E-state index in [1.807, 2.05) is 56.3 Å². The van der Waals surface area contributed by atoms with Crippen molar-refractivity contribution in [2.45, 2.75) is 40.0 Å². The predicted molar refractivity (Wildman–Crippen MR) is 115 cm³/mol. The van der Waals surface area contributed by atoms with Crippen molar-refractivity contribution in [3.63, 3.8) is 0 Å². The number of nitrogens with one attached hydrogen (secondary N) is 1. The van der Waals surface area contributed by atoms with E-state index in [1.54, 1.807) is 12.3 Å². The van der Waals surface area contributed by atoms with Gasteiger partial charge in [-0.05, 0) is 48.1 Å². The van der Waals surface area contributed by atoms with Crippen molar-refractivity contribution in [2.24, 2.45) is 0 Å². The second-order valence-corrected chi connectivity index (χ2v) is 8.10. The fraction of sp³-hybridized carbons (Fsp3) is 0.250. The largest absolute Gasteiger partial charge is 0.478 e. The lowest BCUT2D eigenvalue weighted by Crippen LogP contribution is -2.16. The van der Waals surface area contributed by atoms with Crippen molar-refractivity contribution in [3.8, 4) is 11.3 Å². The molecule has 4 nitrogen and oxygen atoms in total. The number of carboxylic acid groups (broad SMARTS) is 1. The Balaban J connectivity index is 2.04. The molecule has 3 aromatic rings. The van der Waals surface area contributed by atoms with Crippen LogP contribution in [0.15, 0.2) is 54.7 Å². The molecule has 0 radical (unpaired) electrons. The molecule has 144 valence electrons. The second kappa shape index (κ2) is 7.47. The number of aromatic nitrogens is 1. The predicted octanol–water partition coefficient (Wildman–Crippen LogP) is 6.10. The minimum atomic E-state index is -0.948. The molecule has 0 saturated heterocycles. The first kappa shape index (κ1) is 19.6. The number of aryl methyl sites for hydroxylation is 1. The van der Waals surface area contributed by atoms with Crippen molar-refractivity contribution in [3.05, 3.63) is 77.0 Å². The first-order valence-corrected chi connectivity index (χ1v) is 9.35. The maximum Gasteiger partial charge on any atom is 0.337 e. The molecule has 1 heterocycles. The van der Waals surface area contributed by atoms with E-state index in [9.17, 15) is 9.90 Å². The molecule has 0 fully saturated rings. The van der Waals surface area contributed by atoms with Gasteiger partial charge in [0.25, 0.3) is 0 Å². The van der Waals surface area contributed by atoms with E-state index in [-0.39, 0.29) is 11.0 Å². The third-order valence-corrected chi connectivity index (χ3v) is 4.90. The average molecular weight is 374 g/mol.